The summed E-state index contributed by atoms with van der Waals surface area (Å²) in [7, 11) is 3.40. The van der Waals surface area contributed by atoms with Gasteiger partial charge in [-0.1, -0.05) is 42.1 Å². The highest BCUT2D eigenvalue weighted by atomic mass is 32.2. The molecule has 1 heterocycles. The highest BCUT2D eigenvalue weighted by Crippen LogP contribution is 2.19. The number of ether oxygens (including phenoxy) is 2. The quantitative estimate of drug-likeness (QED) is 0.386. The number of rotatable bonds is 9. The monoisotopic (exact) mass is 441 g/mol. The van der Waals surface area contributed by atoms with Crippen molar-refractivity contribution in [1.82, 2.24) is 25.6 Å². The molecule has 2 aromatic carbocycles. The molecule has 2 N–H and O–H groups in total. The van der Waals surface area contributed by atoms with E-state index >= 15 is 0 Å². The van der Waals surface area contributed by atoms with Crippen LogP contribution in [0, 0.1) is 0 Å². The fourth-order valence-corrected chi connectivity index (χ4v) is 3.28. The number of methoxy groups -OCH3 is 1. The molecule has 10 heteroatoms. The lowest BCUT2D eigenvalue weighted by Gasteiger charge is -2.08. The molecule has 1 aromatic heterocycles. The molecule has 0 aliphatic rings. The highest BCUT2D eigenvalue weighted by molar-refractivity contribution is 7.99. The maximum atomic E-state index is 12.0. The van der Waals surface area contributed by atoms with Gasteiger partial charge in [0.25, 0.3) is 0 Å². The number of amides is 2. The Bertz CT molecular complexity index is 1010. The summed E-state index contributed by atoms with van der Waals surface area (Å²) in [5, 5.41) is 8.76. The molecule has 0 aliphatic heterocycles. The van der Waals surface area contributed by atoms with Gasteiger partial charge in [-0.3, -0.25) is 20.4 Å². The first kappa shape index (κ1) is 22.2. The van der Waals surface area contributed by atoms with E-state index in [2.05, 4.69) is 21.0 Å². The molecule has 3 aromatic rings. The summed E-state index contributed by atoms with van der Waals surface area (Å²) in [5.74, 6) is 1.50. The van der Waals surface area contributed by atoms with E-state index in [-0.39, 0.29) is 30.6 Å². The van der Waals surface area contributed by atoms with Crippen LogP contribution in [0.15, 0.2) is 59.8 Å². The van der Waals surface area contributed by atoms with Crippen molar-refractivity contribution in [3.05, 3.63) is 66.0 Å². The van der Waals surface area contributed by atoms with Gasteiger partial charge in [-0.05, 0) is 29.8 Å². The van der Waals surface area contributed by atoms with Crippen LogP contribution in [-0.2, 0) is 29.7 Å². The molecule has 162 valence electrons. The second kappa shape index (κ2) is 11.0. The molecule has 0 radical (unpaired) electrons. The number of nitrogens with zero attached hydrogens (tertiary/aromatic N) is 3. The fourth-order valence-electron chi connectivity index (χ4n) is 2.55. The zero-order chi connectivity index (χ0) is 22.1. The predicted octanol–water partition coefficient (Wildman–Crippen LogP) is 1.88. The summed E-state index contributed by atoms with van der Waals surface area (Å²) in [6.07, 6.45) is 0.190. The molecule has 0 bridgehead atoms. The number of carbonyl (C=O) groups excluding carboxylic acids is 2. The number of hydrogen-bond donors (Lipinski definition) is 2. The van der Waals surface area contributed by atoms with E-state index in [4.69, 9.17) is 9.47 Å². The number of thioether (sulfide) groups is 1. The third-order valence-corrected chi connectivity index (χ3v) is 5.25. The van der Waals surface area contributed by atoms with Crippen LogP contribution in [-0.4, -0.2) is 39.4 Å². The van der Waals surface area contributed by atoms with Gasteiger partial charge >= 0.3 is 0 Å². The van der Waals surface area contributed by atoms with Gasteiger partial charge in [-0.25, -0.2) is 0 Å². The summed E-state index contributed by atoms with van der Waals surface area (Å²) >= 11 is 1.21. The number of nitrogens with one attached hydrogen (secondary N) is 2. The van der Waals surface area contributed by atoms with Crippen molar-refractivity contribution in [2.75, 3.05) is 12.9 Å². The van der Waals surface area contributed by atoms with Crippen molar-refractivity contribution in [2.24, 2.45) is 7.05 Å². The maximum Gasteiger partial charge on any atom is 0.248 e. The van der Waals surface area contributed by atoms with Crippen LogP contribution in [0.1, 0.15) is 11.4 Å². The standard InChI is InChI=1S/C21H23N5O4S/c1-26-18(13-30-17-10-8-16(29-2)9-11-17)22-25-21(26)31-14-20(28)24-23-19(27)12-15-6-4-3-5-7-15/h3-11H,12-14H2,1-2H3,(H,23,27)(H,24,28). The molecule has 31 heavy (non-hydrogen) atoms. The molecule has 0 saturated carbocycles. The number of hydrogen-bond acceptors (Lipinski definition) is 7. The van der Waals surface area contributed by atoms with Crippen molar-refractivity contribution in [2.45, 2.75) is 18.2 Å². The van der Waals surface area contributed by atoms with Crippen molar-refractivity contribution >= 4 is 23.6 Å². The van der Waals surface area contributed by atoms with Crippen LogP contribution in [0.2, 0.25) is 0 Å². The van der Waals surface area contributed by atoms with Gasteiger partial charge in [0.15, 0.2) is 11.0 Å². The van der Waals surface area contributed by atoms with E-state index < -0.39 is 0 Å². The SMILES string of the molecule is COc1ccc(OCc2nnc(SCC(=O)NNC(=O)Cc3ccccc3)n2C)cc1. The molecule has 0 spiro atoms. The minimum absolute atomic E-state index is 0.0803. The first-order valence-electron chi connectivity index (χ1n) is 9.44. The van der Waals surface area contributed by atoms with Gasteiger partial charge in [0.1, 0.15) is 18.1 Å². The van der Waals surface area contributed by atoms with E-state index in [1.165, 1.54) is 11.8 Å². The number of benzene rings is 2. The lowest BCUT2D eigenvalue weighted by atomic mass is 10.1. The Balaban J connectivity index is 1.41. The Morgan fingerprint density at radius 1 is 0.968 bits per heavy atom. The molecule has 2 amide bonds. The van der Waals surface area contributed by atoms with Crippen LogP contribution in [0.25, 0.3) is 0 Å². The van der Waals surface area contributed by atoms with E-state index in [0.717, 1.165) is 11.3 Å². The zero-order valence-corrected chi connectivity index (χ0v) is 18.0. The van der Waals surface area contributed by atoms with Gasteiger partial charge in [-0.2, -0.15) is 0 Å². The van der Waals surface area contributed by atoms with Crippen LogP contribution in [0.5, 0.6) is 11.5 Å². The summed E-state index contributed by atoms with van der Waals surface area (Å²) in [4.78, 5) is 23.9. The topological polar surface area (TPSA) is 107 Å². The third-order valence-electron chi connectivity index (χ3n) is 4.23. The first-order valence-corrected chi connectivity index (χ1v) is 10.4. The van der Waals surface area contributed by atoms with E-state index in [9.17, 15) is 9.59 Å². The normalized spacial score (nSPS) is 10.4. The molecule has 0 unspecified atom stereocenters. The molecule has 0 atom stereocenters. The lowest BCUT2D eigenvalue weighted by Crippen LogP contribution is -2.43. The number of hydrazine groups is 1. The Morgan fingerprint density at radius 2 is 1.65 bits per heavy atom. The minimum Gasteiger partial charge on any atom is -0.497 e. The van der Waals surface area contributed by atoms with Gasteiger partial charge in [0.2, 0.25) is 11.8 Å². The average molecular weight is 442 g/mol. The van der Waals surface area contributed by atoms with Crippen LogP contribution in [0.4, 0.5) is 0 Å². The molecule has 3 rings (SSSR count). The lowest BCUT2D eigenvalue weighted by molar-refractivity contribution is -0.127. The summed E-state index contributed by atoms with van der Waals surface area (Å²) < 4.78 is 12.6. The fraction of sp³-hybridized carbons (Fsp3) is 0.238. The van der Waals surface area contributed by atoms with Gasteiger partial charge in [0.05, 0.1) is 19.3 Å². The number of aromatic nitrogens is 3. The Labute approximate surface area is 184 Å². The predicted molar refractivity (Wildman–Crippen MR) is 115 cm³/mol. The molecular formula is C21H23N5O4S. The smallest absolute Gasteiger partial charge is 0.248 e. The highest BCUT2D eigenvalue weighted by Gasteiger charge is 2.13. The van der Waals surface area contributed by atoms with Crippen molar-refractivity contribution < 1.29 is 19.1 Å². The van der Waals surface area contributed by atoms with Gasteiger partial charge in [-0.15, -0.1) is 10.2 Å². The molecule has 9 nitrogen and oxygen atoms in total. The first-order chi connectivity index (χ1) is 15.0. The third kappa shape index (κ3) is 6.75. The Hall–Kier alpha value is -3.53. The maximum absolute atomic E-state index is 12.0. The Morgan fingerprint density at radius 3 is 2.35 bits per heavy atom. The largest absolute Gasteiger partial charge is 0.497 e. The second-order valence-corrected chi connectivity index (χ2v) is 7.41. The van der Waals surface area contributed by atoms with Crippen LogP contribution < -0.4 is 20.3 Å². The zero-order valence-electron chi connectivity index (χ0n) is 17.2. The minimum atomic E-state index is -0.342. The van der Waals surface area contributed by atoms with Crippen molar-refractivity contribution in [3.8, 4) is 11.5 Å². The summed E-state index contributed by atoms with van der Waals surface area (Å²) in [6, 6.07) is 16.5. The van der Waals surface area contributed by atoms with E-state index in [1.54, 1.807) is 30.9 Å². The van der Waals surface area contributed by atoms with Crippen LogP contribution in [0.3, 0.4) is 0 Å². The molecule has 0 fully saturated rings. The Kier molecular flexibility index (Phi) is 7.88. The molecule has 0 saturated heterocycles. The van der Waals surface area contributed by atoms with E-state index in [0.29, 0.717) is 16.7 Å². The van der Waals surface area contributed by atoms with Gasteiger partial charge < -0.3 is 14.0 Å². The van der Waals surface area contributed by atoms with Gasteiger partial charge in [0, 0.05) is 7.05 Å². The molecule has 0 aliphatic carbocycles. The number of carbonyl (C=O) groups is 2. The molecular weight excluding hydrogens is 418 g/mol. The summed E-state index contributed by atoms with van der Waals surface area (Å²) in [5.41, 5.74) is 5.68. The second-order valence-electron chi connectivity index (χ2n) is 6.47. The van der Waals surface area contributed by atoms with Crippen molar-refractivity contribution in [3.63, 3.8) is 0 Å². The van der Waals surface area contributed by atoms with E-state index in [1.807, 2.05) is 42.5 Å². The van der Waals surface area contributed by atoms with Crippen molar-refractivity contribution in [1.29, 1.82) is 0 Å². The average Bonchev–Trinajstić information content (AvgIpc) is 3.15. The summed E-state index contributed by atoms with van der Waals surface area (Å²) in [6.45, 7) is 0.234. The van der Waals surface area contributed by atoms with Crippen LogP contribution >= 0.6 is 11.8 Å².